The monoisotopic (exact) mass is 714 g/mol. The Morgan fingerprint density at radius 1 is 0.500 bits per heavy atom. The van der Waals surface area contributed by atoms with Crippen molar-refractivity contribution in [3.63, 3.8) is 0 Å². The van der Waals surface area contributed by atoms with Gasteiger partial charge in [-0.25, -0.2) is 0 Å². The zero-order valence-electron chi connectivity index (χ0n) is 31.1. The van der Waals surface area contributed by atoms with Gasteiger partial charge in [0.2, 0.25) is 0 Å². The summed E-state index contributed by atoms with van der Waals surface area (Å²) in [6, 6.07) is 69.7. The van der Waals surface area contributed by atoms with E-state index in [1.807, 2.05) is 0 Å². The molecule has 12 rings (SSSR count). The van der Waals surface area contributed by atoms with Crippen LogP contribution in [0.2, 0.25) is 0 Å². The Morgan fingerprint density at radius 2 is 1.09 bits per heavy atom. The second-order valence-corrected chi connectivity index (χ2v) is 15.9. The first kappa shape index (κ1) is 31.5. The summed E-state index contributed by atoms with van der Waals surface area (Å²) in [7, 11) is 0. The Balaban J connectivity index is 1.16. The maximum atomic E-state index is 2.62. The van der Waals surface area contributed by atoms with Crippen LogP contribution < -0.4 is 4.90 Å². The van der Waals surface area contributed by atoms with Gasteiger partial charge in [-0.05, 0) is 87.3 Å². The number of fused-ring (bicyclic) bond motifs is 14. The summed E-state index contributed by atoms with van der Waals surface area (Å²) in [5.74, 6) is 0.0874. The quantitative estimate of drug-likeness (QED) is 0.176. The van der Waals surface area contributed by atoms with Gasteiger partial charge in [-0.3, -0.25) is 0 Å². The second-order valence-electron chi connectivity index (χ2n) is 15.9. The number of allylic oxidation sites excluding steroid dienone is 3. The Labute approximate surface area is 326 Å². The molecule has 0 fully saturated rings. The van der Waals surface area contributed by atoms with E-state index in [0.717, 1.165) is 5.69 Å². The maximum Gasteiger partial charge on any atom is 0.0542 e. The molecule has 3 aliphatic carbocycles. The van der Waals surface area contributed by atoms with Crippen molar-refractivity contribution in [1.82, 2.24) is 4.57 Å². The summed E-state index contributed by atoms with van der Waals surface area (Å²) in [6.45, 7) is 2.48. The molecule has 2 heteroatoms. The van der Waals surface area contributed by atoms with Crippen molar-refractivity contribution in [1.29, 1.82) is 0 Å². The molecule has 0 amide bonds. The van der Waals surface area contributed by atoms with Crippen LogP contribution in [0.1, 0.15) is 29.2 Å². The molecule has 2 unspecified atom stereocenters. The molecular formula is C54H38N2. The number of benzene rings is 8. The van der Waals surface area contributed by atoms with Gasteiger partial charge in [-0.1, -0.05) is 165 Å². The molecule has 1 heterocycles. The highest BCUT2D eigenvalue weighted by Crippen LogP contribution is 2.67. The first-order valence-electron chi connectivity index (χ1n) is 19.7. The van der Waals surface area contributed by atoms with Crippen molar-refractivity contribution < 1.29 is 0 Å². The lowest BCUT2D eigenvalue weighted by molar-refractivity contribution is 0.369. The number of anilines is 2. The van der Waals surface area contributed by atoms with E-state index in [0.29, 0.717) is 0 Å². The lowest BCUT2D eigenvalue weighted by Gasteiger charge is -2.42. The summed E-state index contributed by atoms with van der Waals surface area (Å²) in [5, 5.41) is 5.02. The average molecular weight is 715 g/mol. The highest BCUT2D eigenvalue weighted by Gasteiger charge is 2.62. The molecule has 8 aromatic carbocycles. The van der Waals surface area contributed by atoms with Crippen LogP contribution in [-0.4, -0.2) is 4.57 Å². The van der Waals surface area contributed by atoms with E-state index < -0.39 is 5.41 Å². The summed E-state index contributed by atoms with van der Waals surface area (Å²) in [4.78, 5) is 2.48. The third-order valence-electron chi connectivity index (χ3n) is 13.2. The Kier molecular flexibility index (Phi) is 6.49. The molecule has 2 atom stereocenters. The van der Waals surface area contributed by atoms with Crippen LogP contribution in [0, 0.1) is 5.92 Å². The first-order valence-corrected chi connectivity index (χ1v) is 19.7. The molecule has 1 spiro atoms. The minimum atomic E-state index is -0.427. The zero-order valence-corrected chi connectivity index (χ0v) is 31.1. The summed E-state index contributed by atoms with van der Waals surface area (Å²) >= 11 is 0. The van der Waals surface area contributed by atoms with E-state index in [1.165, 1.54) is 83.0 Å². The third-order valence-corrected chi connectivity index (χ3v) is 13.2. The smallest absolute Gasteiger partial charge is 0.0542 e. The lowest BCUT2D eigenvalue weighted by Crippen LogP contribution is -2.40. The SMILES string of the molecule is CC12C=CC(N(c3ccccc3)c3cccc4ccccc34)=CC1C1(c3ccccc3-c3ccccc31)c1cc(-n3c4ccccc4c4ccccc43)ccc12. The number of hydrogen-bond acceptors (Lipinski definition) is 1. The molecule has 264 valence electrons. The Hall–Kier alpha value is -6.90. The molecule has 9 aromatic rings. The van der Waals surface area contributed by atoms with Crippen LogP contribution in [-0.2, 0) is 10.8 Å². The third kappa shape index (κ3) is 4.06. The van der Waals surface area contributed by atoms with Gasteiger partial charge in [0, 0.05) is 44.6 Å². The fourth-order valence-corrected chi connectivity index (χ4v) is 10.9. The maximum absolute atomic E-state index is 2.62. The molecule has 2 nitrogen and oxygen atoms in total. The van der Waals surface area contributed by atoms with Crippen molar-refractivity contribution in [2.75, 3.05) is 4.90 Å². The van der Waals surface area contributed by atoms with E-state index in [1.54, 1.807) is 0 Å². The normalized spacial score (nSPS) is 18.5. The average Bonchev–Trinajstić information content (AvgIpc) is 3.83. The molecule has 0 aliphatic heterocycles. The van der Waals surface area contributed by atoms with Gasteiger partial charge < -0.3 is 9.47 Å². The van der Waals surface area contributed by atoms with E-state index in [-0.39, 0.29) is 11.3 Å². The van der Waals surface area contributed by atoms with E-state index in [4.69, 9.17) is 0 Å². The number of rotatable bonds is 4. The van der Waals surface area contributed by atoms with E-state index >= 15 is 0 Å². The Morgan fingerprint density at radius 3 is 1.80 bits per heavy atom. The summed E-state index contributed by atoms with van der Waals surface area (Å²) in [6.07, 6.45) is 7.53. The molecule has 1 aromatic heterocycles. The van der Waals surface area contributed by atoms with Crippen molar-refractivity contribution in [2.45, 2.75) is 17.8 Å². The Bertz CT molecular complexity index is 3020. The number of aromatic nitrogens is 1. The molecule has 0 N–H and O–H groups in total. The molecule has 0 bridgehead atoms. The molecule has 56 heavy (non-hydrogen) atoms. The van der Waals surface area contributed by atoms with Gasteiger partial charge in [0.05, 0.1) is 22.1 Å². The summed E-state index contributed by atoms with van der Waals surface area (Å²) < 4.78 is 2.48. The standard InChI is InChI=1S/C54H38N2/c1-53-33-32-39(55(37-18-3-2-4-19-37)49-29-15-17-36-16-5-6-20-40(36)49)35-52(53)54(45-25-11-7-21-41(45)42-22-8-12-26-46(42)54)48-34-38(30-31-47(48)53)56-50-27-13-9-23-43(50)44-24-10-14-28-51(44)56/h2-35,52H,1H3. The van der Waals surface area contributed by atoms with Crippen LogP contribution >= 0.6 is 0 Å². The minimum absolute atomic E-state index is 0.0874. The lowest BCUT2D eigenvalue weighted by atomic mass is 9.61. The summed E-state index contributed by atoms with van der Waals surface area (Å²) in [5.41, 5.74) is 14.7. The fraction of sp³-hybridized carbons (Fsp3) is 0.0741. The molecular weight excluding hydrogens is 677 g/mol. The van der Waals surface area contributed by atoms with Crippen molar-refractivity contribution in [3.8, 4) is 16.8 Å². The van der Waals surface area contributed by atoms with Gasteiger partial charge in [0.1, 0.15) is 0 Å². The van der Waals surface area contributed by atoms with E-state index in [9.17, 15) is 0 Å². The molecule has 3 aliphatic rings. The van der Waals surface area contributed by atoms with Crippen molar-refractivity contribution in [2.24, 2.45) is 5.92 Å². The minimum Gasteiger partial charge on any atom is -0.310 e. The van der Waals surface area contributed by atoms with Gasteiger partial charge in [0.15, 0.2) is 0 Å². The van der Waals surface area contributed by atoms with E-state index in [2.05, 4.69) is 223 Å². The zero-order chi connectivity index (χ0) is 37.0. The largest absolute Gasteiger partial charge is 0.310 e. The predicted molar refractivity (Wildman–Crippen MR) is 233 cm³/mol. The number of hydrogen-bond donors (Lipinski definition) is 0. The topological polar surface area (TPSA) is 8.17 Å². The number of nitrogens with zero attached hydrogens (tertiary/aromatic N) is 2. The van der Waals surface area contributed by atoms with Gasteiger partial charge in [0.25, 0.3) is 0 Å². The van der Waals surface area contributed by atoms with Crippen LogP contribution in [0.15, 0.2) is 212 Å². The number of para-hydroxylation sites is 3. The van der Waals surface area contributed by atoms with Gasteiger partial charge >= 0.3 is 0 Å². The van der Waals surface area contributed by atoms with Crippen LogP contribution in [0.4, 0.5) is 11.4 Å². The van der Waals surface area contributed by atoms with Crippen LogP contribution in [0.5, 0.6) is 0 Å². The van der Waals surface area contributed by atoms with Crippen molar-refractivity contribution >= 4 is 44.0 Å². The molecule has 0 radical (unpaired) electrons. The van der Waals surface area contributed by atoms with Crippen molar-refractivity contribution in [3.05, 3.63) is 234 Å². The van der Waals surface area contributed by atoms with Crippen LogP contribution in [0.3, 0.4) is 0 Å². The highest BCUT2D eigenvalue weighted by atomic mass is 15.1. The second kappa shape index (κ2) is 11.6. The molecule has 0 saturated heterocycles. The van der Waals surface area contributed by atoms with Gasteiger partial charge in [-0.2, -0.15) is 0 Å². The fourth-order valence-electron chi connectivity index (χ4n) is 10.9. The van der Waals surface area contributed by atoms with Crippen LogP contribution in [0.25, 0.3) is 49.4 Å². The predicted octanol–water partition coefficient (Wildman–Crippen LogP) is 13.4. The van der Waals surface area contributed by atoms with Gasteiger partial charge in [-0.15, -0.1) is 0 Å². The first-order chi connectivity index (χ1) is 27.7. The molecule has 0 saturated carbocycles. The highest BCUT2D eigenvalue weighted by molar-refractivity contribution is 6.09.